The van der Waals surface area contributed by atoms with E-state index < -0.39 is 6.17 Å². The fraction of sp³-hybridized carbons (Fsp3) is 0.500. The van der Waals surface area contributed by atoms with Gasteiger partial charge in [-0.15, -0.1) is 10.2 Å². The van der Waals surface area contributed by atoms with E-state index >= 15 is 4.39 Å². The molecule has 32 heavy (non-hydrogen) atoms. The van der Waals surface area contributed by atoms with Gasteiger partial charge in [-0.05, 0) is 44.2 Å². The van der Waals surface area contributed by atoms with E-state index in [1.807, 2.05) is 6.07 Å². The minimum absolute atomic E-state index is 0.0524. The third-order valence-electron chi connectivity index (χ3n) is 6.76. The zero-order valence-electron chi connectivity index (χ0n) is 17.8. The summed E-state index contributed by atoms with van der Waals surface area (Å²) in [4.78, 5) is 10.8. The van der Waals surface area contributed by atoms with Gasteiger partial charge in [-0.25, -0.2) is 14.4 Å². The van der Waals surface area contributed by atoms with Crippen LogP contribution in [0.5, 0.6) is 5.75 Å². The van der Waals surface area contributed by atoms with Gasteiger partial charge in [0.2, 0.25) is 5.95 Å². The number of nitrogens with one attached hydrogen (secondary N) is 1. The van der Waals surface area contributed by atoms with Crippen LogP contribution in [0.3, 0.4) is 0 Å². The normalized spacial score (nSPS) is 26.9. The number of halogens is 1. The standard InChI is InChI=1S/C22H25FN8O/c1-30-11-25-21(29-30)12-2-6-15(19(32)8-12)17-10-24-22(28-27-17)31(14-4-5-14)18-9-13-3-7-16(26-13)20(18)23/h2,6,8,10-11,13-14,16,18,20,26,32H,3-5,7,9H2,1H3/t13-,16-,18-,20+/m0/s1. The molecular formula is C22H25FN8O. The van der Waals surface area contributed by atoms with Crippen molar-refractivity contribution in [3.05, 3.63) is 30.7 Å². The lowest BCUT2D eigenvalue weighted by atomic mass is 9.96. The molecule has 10 heteroatoms. The number of nitrogens with zero attached hydrogens (tertiary/aromatic N) is 7. The molecule has 3 aromatic rings. The highest BCUT2D eigenvalue weighted by molar-refractivity contribution is 5.71. The van der Waals surface area contributed by atoms with Crippen LogP contribution < -0.4 is 10.2 Å². The van der Waals surface area contributed by atoms with Crippen LogP contribution in [-0.4, -0.2) is 65.4 Å². The summed E-state index contributed by atoms with van der Waals surface area (Å²) in [6.45, 7) is 0. The number of phenols is 1. The summed E-state index contributed by atoms with van der Waals surface area (Å²) in [7, 11) is 1.79. The third kappa shape index (κ3) is 3.38. The van der Waals surface area contributed by atoms with Crippen molar-refractivity contribution in [2.45, 2.75) is 62.4 Å². The lowest BCUT2D eigenvalue weighted by Gasteiger charge is -2.40. The van der Waals surface area contributed by atoms with Crippen LogP contribution in [0.4, 0.5) is 10.3 Å². The number of aromatic hydroxyl groups is 1. The number of anilines is 1. The van der Waals surface area contributed by atoms with Crippen LogP contribution in [0.2, 0.25) is 0 Å². The number of hydrogen-bond donors (Lipinski definition) is 2. The van der Waals surface area contributed by atoms with Gasteiger partial charge in [-0.2, -0.15) is 5.10 Å². The van der Waals surface area contributed by atoms with E-state index in [4.69, 9.17) is 0 Å². The number of aromatic nitrogens is 6. The molecule has 2 bridgehead atoms. The molecule has 6 rings (SSSR count). The predicted molar refractivity (Wildman–Crippen MR) is 116 cm³/mol. The number of fused-ring (bicyclic) bond motifs is 2. The highest BCUT2D eigenvalue weighted by Crippen LogP contribution is 2.39. The Labute approximate surface area is 184 Å². The lowest BCUT2D eigenvalue weighted by molar-refractivity contribution is 0.171. The molecule has 1 aliphatic carbocycles. The topological polar surface area (TPSA) is 105 Å². The van der Waals surface area contributed by atoms with Crippen LogP contribution in [0.25, 0.3) is 22.6 Å². The van der Waals surface area contributed by atoms with Gasteiger partial charge in [0.1, 0.15) is 23.9 Å². The molecule has 1 aromatic carbocycles. The molecule has 0 unspecified atom stereocenters. The Morgan fingerprint density at radius 3 is 2.72 bits per heavy atom. The highest BCUT2D eigenvalue weighted by atomic mass is 19.1. The fourth-order valence-electron chi connectivity index (χ4n) is 5.05. The van der Waals surface area contributed by atoms with Gasteiger partial charge >= 0.3 is 0 Å². The van der Waals surface area contributed by atoms with Crippen molar-refractivity contribution in [2.24, 2.45) is 7.05 Å². The average Bonchev–Trinajstić information content (AvgIpc) is 3.39. The van der Waals surface area contributed by atoms with Gasteiger partial charge in [0.15, 0.2) is 5.82 Å². The predicted octanol–water partition coefficient (Wildman–Crippen LogP) is 2.24. The SMILES string of the molecule is Cn1cnc(-c2ccc(-c3cnc(N(C4CC4)[C@H]4C[C@@H]5CC[C@H](N5)[C@H]4F)nn3)c(O)c2)n1. The quantitative estimate of drug-likeness (QED) is 0.628. The van der Waals surface area contributed by atoms with Gasteiger partial charge in [-0.1, -0.05) is 6.07 Å². The first-order chi connectivity index (χ1) is 15.6. The summed E-state index contributed by atoms with van der Waals surface area (Å²) in [6.07, 6.45) is 7.02. The molecule has 3 aliphatic rings. The molecule has 0 radical (unpaired) electrons. The van der Waals surface area contributed by atoms with Crippen molar-refractivity contribution in [1.82, 2.24) is 35.3 Å². The van der Waals surface area contributed by atoms with E-state index in [2.05, 4.69) is 35.5 Å². The number of rotatable bonds is 5. The van der Waals surface area contributed by atoms with E-state index in [0.29, 0.717) is 34.6 Å². The minimum Gasteiger partial charge on any atom is -0.507 e. The van der Waals surface area contributed by atoms with Crippen molar-refractivity contribution >= 4 is 5.95 Å². The minimum atomic E-state index is -0.936. The van der Waals surface area contributed by atoms with Gasteiger partial charge in [0.25, 0.3) is 0 Å². The molecule has 2 aromatic heterocycles. The van der Waals surface area contributed by atoms with Gasteiger partial charge in [0.05, 0.1) is 12.2 Å². The summed E-state index contributed by atoms with van der Waals surface area (Å²) in [5.74, 6) is 1.06. The number of phenolic OH excluding ortho intramolecular Hbond substituents is 1. The van der Waals surface area contributed by atoms with Crippen LogP contribution in [0, 0.1) is 0 Å². The molecule has 166 valence electrons. The maximum absolute atomic E-state index is 15.2. The number of piperidine rings is 1. The van der Waals surface area contributed by atoms with E-state index in [9.17, 15) is 5.11 Å². The molecule has 3 fully saturated rings. The summed E-state index contributed by atoms with van der Waals surface area (Å²) in [5.41, 5.74) is 1.70. The number of hydrogen-bond acceptors (Lipinski definition) is 8. The van der Waals surface area contributed by atoms with E-state index in [1.165, 1.54) is 0 Å². The maximum atomic E-state index is 15.2. The fourth-order valence-corrected chi connectivity index (χ4v) is 5.05. The highest BCUT2D eigenvalue weighted by Gasteiger charge is 2.48. The number of aryl methyl sites for hydroxylation is 1. The molecule has 1 saturated carbocycles. The Morgan fingerprint density at radius 1 is 1.16 bits per heavy atom. The molecule has 4 heterocycles. The van der Waals surface area contributed by atoms with Crippen LogP contribution in [-0.2, 0) is 7.05 Å². The first kappa shape index (κ1) is 19.5. The second kappa shape index (κ2) is 7.47. The van der Waals surface area contributed by atoms with E-state index in [-0.39, 0.29) is 23.9 Å². The average molecular weight is 436 g/mol. The summed E-state index contributed by atoms with van der Waals surface area (Å²) in [5, 5.41) is 26.9. The second-order valence-electron chi connectivity index (χ2n) is 9.05. The molecule has 2 saturated heterocycles. The molecule has 2 N–H and O–H groups in total. The molecule has 9 nitrogen and oxygen atoms in total. The van der Waals surface area contributed by atoms with E-state index in [1.54, 1.807) is 36.4 Å². The Balaban J connectivity index is 1.27. The van der Waals surface area contributed by atoms with Crippen molar-refractivity contribution in [1.29, 1.82) is 0 Å². The van der Waals surface area contributed by atoms with Crippen LogP contribution >= 0.6 is 0 Å². The third-order valence-corrected chi connectivity index (χ3v) is 6.76. The Kier molecular flexibility index (Phi) is 4.56. The zero-order chi connectivity index (χ0) is 21.8. The van der Waals surface area contributed by atoms with Crippen molar-refractivity contribution < 1.29 is 9.50 Å². The van der Waals surface area contributed by atoms with Crippen molar-refractivity contribution in [3.63, 3.8) is 0 Å². The summed E-state index contributed by atoms with van der Waals surface area (Å²) < 4.78 is 16.8. The first-order valence-electron chi connectivity index (χ1n) is 11.1. The summed E-state index contributed by atoms with van der Waals surface area (Å²) >= 11 is 0. The maximum Gasteiger partial charge on any atom is 0.245 e. The monoisotopic (exact) mass is 436 g/mol. The van der Waals surface area contributed by atoms with Crippen molar-refractivity contribution in [2.75, 3.05) is 4.90 Å². The molecule has 2 aliphatic heterocycles. The van der Waals surface area contributed by atoms with Gasteiger partial charge < -0.3 is 15.3 Å². The number of alkyl halides is 1. The molecule has 4 atom stereocenters. The Morgan fingerprint density at radius 2 is 2.03 bits per heavy atom. The largest absolute Gasteiger partial charge is 0.507 e. The summed E-state index contributed by atoms with van der Waals surface area (Å²) in [6, 6.07) is 5.55. The lowest BCUT2D eigenvalue weighted by Crippen LogP contribution is -2.57. The number of benzene rings is 1. The molecular weight excluding hydrogens is 411 g/mol. The van der Waals surface area contributed by atoms with Crippen LogP contribution in [0.15, 0.2) is 30.7 Å². The Bertz CT molecular complexity index is 1130. The van der Waals surface area contributed by atoms with Crippen LogP contribution in [0.1, 0.15) is 32.1 Å². The van der Waals surface area contributed by atoms with E-state index in [0.717, 1.165) is 32.1 Å². The first-order valence-corrected chi connectivity index (χ1v) is 11.1. The zero-order valence-corrected chi connectivity index (χ0v) is 17.8. The second-order valence-corrected chi connectivity index (χ2v) is 9.05. The van der Waals surface area contributed by atoms with Gasteiger partial charge in [0, 0.05) is 36.3 Å². The Hall–Kier alpha value is -3.14. The van der Waals surface area contributed by atoms with Gasteiger partial charge in [-0.3, -0.25) is 4.68 Å². The smallest absolute Gasteiger partial charge is 0.245 e. The van der Waals surface area contributed by atoms with Crippen molar-refractivity contribution in [3.8, 4) is 28.4 Å². The molecule has 0 spiro atoms. The molecule has 0 amide bonds.